The monoisotopic (exact) mass is 271 g/mol. The second kappa shape index (κ2) is 6.56. The molecule has 0 saturated carbocycles. The molecule has 0 unspecified atom stereocenters. The third-order valence-electron chi connectivity index (χ3n) is 2.79. The summed E-state index contributed by atoms with van der Waals surface area (Å²) in [7, 11) is 0. The quantitative estimate of drug-likeness (QED) is 0.642. The van der Waals surface area contributed by atoms with Crippen molar-refractivity contribution in [3.8, 4) is 5.75 Å². The van der Waals surface area contributed by atoms with Crippen LogP contribution in [0.5, 0.6) is 5.75 Å². The predicted molar refractivity (Wildman–Crippen MR) is 77.7 cm³/mol. The number of pyridine rings is 1. The van der Waals surface area contributed by atoms with E-state index in [1.165, 1.54) is 0 Å². The van der Waals surface area contributed by atoms with E-state index >= 15 is 0 Å². The molecule has 1 aromatic carbocycles. The van der Waals surface area contributed by atoms with Crippen LogP contribution in [0, 0.1) is 6.92 Å². The molecule has 0 aliphatic heterocycles. The number of nitrogens with one attached hydrogen (secondary N) is 1. The third kappa shape index (κ3) is 3.47. The van der Waals surface area contributed by atoms with Crippen LogP contribution in [0.2, 0.25) is 0 Å². The van der Waals surface area contributed by atoms with Gasteiger partial charge in [0.15, 0.2) is 0 Å². The Morgan fingerprint density at radius 2 is 2.10 bits per heavy atom. The van der Waals surface area contributed by atoms with Gasteiger partial charge in [-0.15, -0.1) is 0 Å². The molecule has 1 amide bonds. The Labute approximate surface area is 117 Å². The highest BCUT2D eigenvalue weighted by atomic mass is 16.5. The first kappa shape index (κ1) is 13.9. The first-order valence-corrected chi connectivity index (χ1v) is 6.35. The number of amides is 1. The van der Waals surface area contributed by atoms with E-state index in [2.05, 4.69) is 10.3 Å². The van der Waals surface area contributed by atoms with Crippen molar-refractivity contribution in [1.82, 2.24) is 10.3 Å². The molecule has 2 rings (SSSR count). The lowest BCUT2D eigenvalue weighted by atomic mass is 10.2. The first-order valence-electron chi connectivity index (χ1n) is 6.35. The van der Waals surface area contributed by atoms with Gasteiger partial charge in [-0.05, 0) is 30.7 Å². The van der Waals surface area contributed by atoms with Gasteiger partial charge in [-0.3, -0.25) is 9.78 Å². The highest BCUT2D eigenvalue weighted by Gasteiger charge is 2.09. The Balaban J connectivity index is 1.81. The normalized spacial score (nSPS) is 10.1. The molecule has 5 heteroatoms. The summed E-state index contributed by atoms with van der Waals surface area (Å²) in [4.78, 5) is 15.9. The van der Waals surface area contributed by atoms with Crippen molar-refractivity contribution >= 4 is 11.6 Å². The molecule has 0 bridgehead atoms. The van der Waals surface area contributed by atoms with Gasteiger partial charge in [0.05, 0.1) is 12.2 Å². The third-order valence-corrected chi connectivity index (χ3v) is 2.79. The standard InChI is InChI=1S/C15H17N3O2/c1-11-5-4-8-17-14(11)15(19)18-9-10-20-13-7-3-2-6-12(13)16/h2-8H,9-10,16H2,1H3,(H,18,19). The number of benzene rings is 1. The zero-order chi connectivity index (χ0) is 14.4. The van der Waals surface area contributed by atoms with E-state index in [9.17, 15) is 4.79 Å². The van der Waals surface area contributed by atoms with Gasteiger partial charge in [0.1, 0.15) is 18.1 Å². The van der Waals surface area contributed by atoms with Gasteiger partial charge in [0, 0.05) is 6.20 Å². The summed E-state index contributed by atoms with van der Waals surface area (Å²) in [5, 5.41) is 2.76. The Kier molecular flexibility index (Phi) is 4.55. The zero-order valence-electron chi connectivity index (χ0n) is 11.3. The molecule has 5 nitrogen and oxygen atoms in total. The fourth-order valence-corrected chi connectivity index (χ4v) is 1.74. The number of carbonyl (C=O) groups excluding carboxylic acids is 1. The summed E-state index contributed by atoms with van der Waals surface area (Å²) in [6.45, 7) is 2.60. The van der Waals surface area contributed by atoms with Crippen molar-refractivity contribution in [2.75, 3.05) is 18.9 Å². The minimum atomic E-state index is -0.201. The minimum absolute atomic E-state index is 0.201. The zero-order valence-corrected chi connectivity index (χ0v) is 11.3. The number of aryl methyl sites for hydroxylation is 1. The molecule has 0 fully saturated rings. The van der Waals surface area contributed by atoms with Crippen LogP contribution in [0.25, 0.3) is 0 Å². The molecule has 20 heavy (non-hydrogen) atoms. The second-order valence-electron chi connectivity index (χ2n) is 4.31. The molecule has 0 saturated heterocycles. The van der Waals surface area contributed by atoms with Crippen molar-refractivity contribution in [2.24, 2.45) is 0 Å². The van der Waals surface area contributed by atoms with Crippen LogP contribution in [-0.2, 0) is 0 Å². The molecule has 104 valence electrons. The lowest BCUT2D eigenvalue weighted by Crippen LogP contribution is -2.29. The molecule has 0 aliphatic carbocycles. The van der Waals surface area contributed by atoms with Gasteiger partial charge < -0.3 is 15.8 Å². The molecule has 1 heterocycles. The Bertz CT molecular complexity index is 599. The number of carbonyl (C=O) groups is 1. The maximum atomic E-state index is 11.9. The van der Waals surface area contributed by atoms with Crippen LogP contribution in [0.15, 0.2) is 42.6 Å². The summed E-state index contributed by atoms with van der Waals surface area (Å²) in [5.41, 5.74) is 7.62. The smallest absolute Gasteiger partial charge is 0.270 e. The van der Waals surface area contributed by atoms with Gasteiger partial charge in [-0.1, -0.05) is 18.2 Å². The van der Waals surface area contributed by atoms with Crippen LogP contribution in [0.3, 0.4) is 0 Å². The van der Waals surface area contributed by atoms with Crippen molar-refractivity contribution in [1.29, 1.82) is 0 Å². The summed E-state index contributed by atoms with van der Waals surface area (Å²) < 4.78 is 5.49. The number of para-hydroxylation sites is 2. The molecule has 3 N–H and O–H groups in total. The SMILES string of the molecule is Cc1cccnc1C(=O)NCCOc1ccccc1N. The lowest BCUT2D eigenvalue weighted by molar-refractivity contribution is 0.0941. The fourth-order valence-electron chi connectivity index (χ4n) is 1.74. The summed E-state index contributed by atoms with van der Waals surface area (Å²) in [6, 6.07) is 10.9. The maximum Gasteiger partial charge on any atom is 0.270 e. The fraction of sp³-hybridized carbons (Fsp3) is 0.200. The Morgan fingerprint density at radius 1 is 1.30 bits per heavy atom. The number of hydrogen-bond donors (Lipinski definition) is 2. The number of ether oxygens (including phenoxy) is 1. The van der Waals surface area contributed by atoms with E-state index in [-0.39, 0.29) is 5.91 Å². The predicted octanol–water partition coefficient (Wildman–Crippen LogP) is 1.78. The Morgan fingerprint density at radius 3 is 2.85 bits per heavy atom. The van der Waals surface area contributed by atoms with Crippen LogP contribution < -0.4 is 15.8 Å². The number of hydrogen-bond acceptors (Lipinski definition) is 4. The topological polar surface area (TPSA) is 77.2 Å². The highest BCUT2D eigenvalue weighted by Crippen LogP contribution is 2.19. The molecule has 1 aromatic heterocycles. The van der Waals surface area contributed by atoms with E-state index in [0.717, 1.165) is 5.56 Å². The molecule has 0 radical (unpaired) electrons. The average Bonchev–Trinajstić information content (AvgIpc) is 2.45. The maximum absolute atomic E-state index is 11.9. The molecule has 0 atom stereocenters. The van der Waals surface area contributed by atoms with Crippen molar-refractivity contribution in [2.45, 2.75) is 6.92 Å². The number of aromatic nitrogens is 1. The number of nitrogens with two attached hydrogens (primary N) is 1. The summed E-state index contributed by atoms with van der Waals surface area (Å²) in [5.74, 6) is 0.420. The van der Waals surface area contributed by atoms with Crippen molar-refractivity contribution in [3.63, 3.8) is 0 Å². The minimum Gasteiger partial charge on any atom is -0.490 e. The lowest BCUT2D eigenvalue weighted by Gasteiger charge is -2.09. The molecular formula is C15H17N3O2. The van der Waals surface area contributed by atoms with E-state index in [0.29, 0.717) is 30.3 Å². The van der Waals surface area contributed by atoms with Crippen LogP contribution in [0.1, 0.15) is 16.1 Å². The van der Waals surface area contributed by atoms with Gasteiger partial charge in [-0.2, -0.15) is 0 Å². The number of nitrogen functional groups attached to an aromatic ring is 1. The highest BCUT2D eigenvalue weighted by molar-refractivity contribution is 5.93. The molecular weight excluding hydrogens is 254 g/mol. The summed E-state index contributed by atoms with van der Waals surface area (Å²) >= 11 is 0. The number of rotatable bonds is 5. The van der Waals surface area contributed by atoms with Crippen LogP contribution in [0.4, 0.5) is 5.69 Å². The van der Waals surface area contributed by atoms with Gasteiger partial charge >= 0.3 is 0 Å². The van der Waals surface area contributed by atoms with Crippen LogP contribution >= 0.6 is 0 Å². The van der Waals surface area contributed by atoms with Gasteiger partial charge in [-0.25, -0.2) is 0 Å². The number of anilines is 1. The van der Waals surface area contributed by atoms with E-state index in [1.54, 1.807) is 24.4 Å². The first-order chi connectivity index (χ1) is 9.68. The van der Waals surface area contributed by atoms with Gasteiger partial charge in [0.25, 0.3) is 5.91 Å². The molecule has 2 aromatic rings. The second-order valence-corrected chi connectivity index (χ2v) is 4.31. The van der Waals surface area contributed by atoms with E-state index in [1.807, 2.05) is 25.1 Å². The molecule has 0 spiro atoms. The summed E-state index contributed by atoms with van der Waals surface area (Å²) in [6.07, 6.45) is 1.60. The van der Waals surface area contributed by atoms with E-state index in [4.69, 9.17) is 10.5 Å². The number of nitrogens with zero attached hydrogens (tertiary/aromatic N) is 1. The van der Waals surface area contributed by atoms with Crippen molar-refractivity contribution in [3.05, 3.63) is 53.9 Å². The largest absolute Gasteiger partial charge is 0.490 e. The molecule has 0 aliphatic rings. The van der Waals surface area contributed by atoms with Gasteiger partial charge in [0.2, 0.25) is 0 Å². The van der Waals surface area contributed by atoms with Crippen molar-refractivity contribution < 1.29 is 9.53 Å². The van der Waals surface area contributed by atoms with E-state index < -0.39 is 0 Å². The van der Waals surface area contributed by atoms with Crippen LogP contribution in [-0.4, -0.2) is 24.0 Å². The Hall–Kier alpha value is -2.56. The average molecular weight is 271 g/mol.